The highest BCUT2D eigenvalue weighted by atomic mass is 32.1. The van der Waals surface area contributed by atoms with Crippen molar-refractivity contribution in [3.05, 3.63) is 16.6 Å². The Morgan fingerprint density at radius 1 is 1.44 bits per heavy atom. The van der Waals surface area contributed by atoms with Gasteiger partial charge < -0.3 is 0 Å². The van der Waals surface area contributed by atoms with E-state index in [0.29, 0.717) is 5.01 Å². The molecule has 100 valence electrons. The fourth-order valence-corrected chi connectivity index (χ4v) is 2.49. The lowest BCUT2D eigenvalue weighted by Crippen LogP contribution is -2.41. The smallest absolute Gasteiger partial charge is 0.250 e. The summed E-state index contributed by atoms with van der Waals surface area (Å²) in [6, 6.07) is 1.65. The molecule has 0 aromatic carbocycles. The molecule has 2 heterocycles. The van der Waals surface area contributed by atoms with Crippen molar-refractivity contribution in [2.45, 2.75) is 38.7 Å². The number of aromatic nitrogens is 1. The molecule has 1 atom stereocenters. The number of nitriles is 1. The third-order valence-corrected chi connectivity index (χ3v) is 3.53. The molecule has 1 fully saturated rings. The molecule has 0 spiro atoms. The van der Waals surface area contributed by atoms with Gasteiger partial charge in [0, 0.05) is 37.5 Å². The largest absolute Gasteiger partial charge is 0.282 e. The zero-order chi connectivity index (χ0) is 13.6. The Labute approximate surface area is 110 Å². The van der Waals surface area contributed by atoms with Crippen LogP contribution < -0.4 is 0 Å². The Morgan fingerprint density at radius 2 is 2.06 bits per heavy atom. The minimum Gasteiger partial charge on any atom is -0.282 e. The van der Waals surface area contributed by atoms with Gasteiger partial charge in [-0.05, 0) is 0 Å². The molecule has 1 aromatic rings. The molecular formula is C12H17F2N3S. The molecule has 18 heavy (non-hydrogen) atoms. The lowest BCUT2D eigenvalue weighted by Gasteiger charge is -2.33. The molecule has 1 aliphatic rings. The summed E-state index contributed by atoms with van der Waals surface area (Å²) in [6.07, 6.45) is 1.29. The van der Waals surface area contributed by atoms with Gasteiger partial charge in [0.2, 0.25) is 0 Å². The SMILES string of the molecule is CC.N#CC(c1nccs1)N1CCC(F)(F)CC1. The molecule has 1 aromatic heterocycles. The molecule has 6 heteroatoms. The second kappa shape index (κ2) is 6.76. The van der Waals surface area contributed by atoms with Crippen LogP contribution in [0.15, 0.2) is 11.6 Å². The summed E-state index contributed by atoms with van der Waals surface area (Å²) in [6.45, 7) is 4.51. The molecule has 0 N–H and O–H groups in total. The van der Waals surface area contributed by atoms with Crippen molar-refractivity contribution in [2.24, 2.45) is 0 Å². The molecule has 0 bridgehead atoms. The van der Waals surface area contributed by atoms with Crippen LogP contribution in [-0.4, -0.2) is 28.9 Å². The van der Waals surface area contributed by atoms with Crippen LogP contribution in [0.25, 0.3) is 0 Å². The van der Waals surface area contributed by atoms with Gasteiger partial charge in [-0.3, -0.25) is 4.90 Å². The van der Waals surface area contributed by atoms with E-state index in [1.165, 1.54) is 11.3 Å². The zero-order valence-electron chi connectivity index (χ0n) is 10.6. The molecule has 1 aliphatic heterocycles. The van der Waals surface area contributed by atoms with Crippen LogP contribution in [-0.2, 0) is 0 Å². The number of thiazole rings is 1. The third-order valence-electron chi connectivity index (χ3n) is 2.70. The first kappa shape index (κ1) is 15.0. The zero-order valence-corrected chi connectivity index (χ0v) is 11.4. The molecule has 0 amide bonds. The molecule has 2 rings (SSSR count). The third kappa shape index (κ3) is 3.72. The maximum atomic E-state index is 13.0. The molecule has 0 radical (unpaired) electrons. The summed E-state index contributed by atoms with van der Waals surface area (Å²) in [5.74, 6) is -2.57. The van der Waals surface area contributed by atoms with E-state index in [-0.39, 0.29) is 25.9 Å². The summed E-state index contributed by atoms with van der Waals surface area (Å²) in [5, 5.41) is 11.5. The highest BCUT2D eigenvalue weighted by Crippen LogP contribution is 2.32. The Hall–Kier alpha value is -1.06. The van der Waals surface area contributed by atoms with Crippen molar-refractivity contribution < 1.29 is 8.78 Å². The van der Waals surface area contributed by atoms with E-state index < -0.39 is 12.0 Å². The van der Waals surface area contributed by atoms with E-state index in [9.17, 15) is 8.78 Å². The predicted molar refractivity (Wildman–Crippen MR) is 67.6 cm³/mol. The monoisotopic (exact) mass is 273 g/mol. The van der Waals surface area contributed by atoms with Crippen LogP contribution in [0.5, 0.6) is 0 Å². The van der Waals surface area contributed by atoms with Crippen molar-refractivity contribution in [3.8, 4) is 6.07 Å². The number of hydrogen-bond donors (Lipinski definition) is 0. The molecule has 0 aliphatic carbocycles. The van der Waals surface area contributed by atoms with Crippen molar-refractivity contribution in [2.75, 3.05) is 13.1 Å². The minimum atomic E-state index is -2.57. The summed E-state index contributed by atoms with van der Waals surface area (Å²) in [7, 11) is 0. The van der Waals surface area contributed by atoms with Crippen molar-refractivity contribution in [3.63, 3.8) is 0 Å². The number of halogens is 2. The Kier molecular flexibility index (Phi) is 5.63. The van der Waals surface area contributed by atoms with Crippen LogP contribution in [0.1, 0.15) is 37.7 Å². The van der Waals surface area contributed by atoms with Gasteiger partial charge >= 0.3 is 0 Å². The Balaban J connectivity index is 0.000000771. The maximum absolute atomic E-state index is 13.0. The number of nitrogens with zero attached hydrogens (tertiary/aromatic N) is 3. The fourth-order valence-electron chi connectivity index (χ4n) is 1.77. The van der Waals surface area contributed by atoms with Crippen LogP contribution in [0.4, 0.5) is 8.78 Å². The second-order valence-electron chi connectivity index (χ2n) is 3.79. The van der Waals surface area contributed by atoms with Gasteiger partial charge in [0.25, 0.3) is 5.92 Å². The van der Waals surface area contributed by atoms with E-state index in [0.717, 1.165) is 0 Å². The summed E-state index contributed by atoms with van der Waals surface area (Å²) in [4.78, 5) is 5.84. The fraction of sp³-hybridized carbons (Fsp3) is 0.667. The van der Waals surface area contributed by atoms with E-state index in [2.05, 4.69) is 11.1 Å². The lowest BCUT2D eigenvalue weighted by atomic mass is 10.1. The Morgan fingerprint density at radius 3 is 2.50 bits per heavy atom. The van der Waals surface area contributed by atoms with Gasteiger partial charge in [0.05, 0.1) is 6.07 Å². The van der Waals surface area contributed by atoms with E-state index >= 15 is 0 Å². The van der Waals surface area contributed by atoms with Gasteiger partial charge in [-0.15, -0.1) is 11.3 Å². The average molecular weight is 273 g/mol. The highest BCUT2D eigenvalue weighted by Gasteiger charge is 2.37. The van der Waals surface area contributed by atoms with E-state index in [4.69, 9.17) is 5.26 Å². The highest BCUT2D eigenvalue weighted by molar-refractivity contribution is 7.09. The van der Waals surface area contributed by atoms with Crippen LogP contribution in [0, 0.1) is 11.3 Å². The molecule has 3 nitrogen and oxygen atoms in total. The van der Waals surface area contributed by atoms with Gasteiger partial charge in [0.1, 0.15) is 5.01 Å². The number of piperidine rings is 1. The quantitative estimate of drug-likeness (QED) is 0.828. The first-order valence-corrected chi connectivity index (χ1v) is 6.91. The van der Waals surface area contributed by atoms with E-state index in [1.807, 2.05) is 13.8 Å². The number of rotatable bonds is 2. The average Bonchev–Trinajstić information content (AvgIpc) is 2.88. The maximum Gasteiger partial charge on any atom is 0.250 e. The number of likely N-dealkylation sites (tertiary alicyclic amines) is 1. The van der Waals surface area contributed by atoms with E-state index in [1.54, 1.807) is 16.5 Å². The standard InChI is InChI=1S/C10H11F2N3S.C2H6/c11-10(12)1-4-15(5-2-10)8(7-13)9-14-3-6-16-9;1-2/h3,6,8H,1-2,4-5H2;1-2H3. The molecular weight excluding hydrogens is 256 g/mol. The van der Waals surface area contributed by atoms with Crippen LogP contribution in [0.3, 0.4) is 0 Å². The normalized spacial score (nSPS) is 20.4. The summed E-state index contributed by atoms with van der Waals surface area (Å²) < 4.78 is 25.9. The minimum absolute atomic E-state index is 0.170. The number of hydrogen-bond acceptors (Lipinski definition) is 4. The van der Waals surface area contributed by atoms with Crippen molar-refractivity contribution in [1.82, 2.24) is 9.88 Å². The molecule has 1 unspecified atom stereocenters. The van der Waals surface area contributed by atoms with Crippen LogP contribution >= 0.6 is 11.3 Å². The Bertz CT molecular complexity index is 377. The first-order valence-electron chi connectivity index (χ1n) is 6.03. The van der Waals surface area contributed by atoms with Gasteiger partial charge in [-0.1, -0.05) is 13.8 Å². The van der Waals surface area contributed by atoms with Crippen LogP contribution in [0.2, 0.25) is 0 Å². The second-order valence-corrected chi connectivity index (χ2v) is 4.72. The first-order chi connectivity index (χ1) is 8.62. The molecule has 1 saturated heterocycles. The summed E-state index contributed by atoms with van der Waals surface area (Å²) >= 11 is 1.39. The topological polar surface area (TPSA) is 39.9 Å². The van der Waals surface area contributed by atoms with Crippen molar-refractivity contribution in [1.29, 1.82) is 5.26 Å². The van der Waals surface area contributed by atoms with Gasteiger partial charge in [0.15, 0.2) is 6.04 Å². The van der Waals surface area contributed by atoms with Gasteiger partial charge in [-0.2, -0.15) is 5.26 Å². The van der Waals surface area contributed by atoms with Gasteiger partial charge in [-0.25, -0.2) is 13.8 Å². The predicted octanol–water partition coefficient (Wildman–Crippen LogP) is 3.47. The van der Waals surface area contributed by atoms with Crippen molar-refractivity contribution >= 4 is 11.3 Å². The lowest BCUT2D eigenvalue weighted by molar-refractivity contribution is -0.0595. The number of alkyl halides is 2. The summed E-state index contributed by atoms with van der Waals surface area (Å²) in [5.41, 5.74) is 0. The molecule has 0 saturated carbocycles.